The molecule has 2 atom stereocenters. The van der Waals surface area contributed by atoms with E-state index in [9.17, 15) is 18.0 Å². The first-order valence-electron chi connectivity index (χ1n) is 6.45. The number of carbonyl (C=O) groups excluding carboxylic acids is 1. The van der Waals surface area contributed by atoms with E-state index in [0.29, 0.717) is 6.42 Å². The van der Waals surface area contributed by atoms with Gasteiger partial charge < -0.3 is 0 Å². The fourth-order valence-electron chi connectivity index (χ4n) is 3.11. The number of hydrogen-bond acceptors (Lipinski definition) is 3. The van der Waals surface area contributed by atoms with Crippen molar-refractivity contribution in [2.75, 3.05) is 19.7 Å². The minimum Gasteiger partial charge on any atom is -0.299 e. The van der Waals surface area contributed by atoms with Crippen LogP contribution in [0, 0.1) is 5.92 Å². The Labute approximate surface area is 104 Å². The molecule has 2 unspecified atom stereocenters. The normalized spacial score (nSPS) is 30.3. The molecule has 0 amide bonds. The molecule has 1 saturated carbocycles. The van der Waals surface area contributed by atoms with Gasteiger partial charge in [0, 0.05) is 24.9 Å². The molecule has 0 aromatic rings. The Morgan fingerprint density at radius 1 is 1.28 bits per heavy atom. The number of Topliss-reactive ketones (excluding diaryl/α,β-unsaturated/α-hetero) is 1. The van der Waals surface area contributed by atoms with Crippen molar-refractivity contribution in [3.05, 3.63) is 0 Å². The minimum atomic E-state index is -4.56. The van der Waals surface area contributed by atoms with E-state index in [4.69, 9.17) is 0 Å². The molecular weight excluding hydrogens is 247 g/mol. The van der Waals surface area contributed by atoms with Crippen LogP contribution in [0.15, 0.2) is 0 Å². The lowest BCUT2D eigenvalue weighted by atomic mass is 9.95. The Morgan fingerprint density at radius 3 is 2.67 bits per heavy atom. The summed E-state index contributed by atoms with van der Waals surface area (Å²) in [5.74, 6) is 0.321. The molecule has 0 aromatic carbocycles. The van der Waals surface area contributed by atoms with E-state index in [2.05, 4.69) is 4.74 Å². The lowest BCUT2D eigenvalue weighted by molar-refractivity contribution is -0.325. The summed E-state index contributed by atoms with van der Waals surface area (Å²) in [7, 11) is 0. The van der Waals surface area contributed by atoms with E-state index < -0.39 is 6.36 Å². The third-order valence-corrected chi connectivity index (χ3v) is 3.87. The number of rotatable bonds is 4. The second-order valence-electron chi connectivity index (χ2n) is 5.00. The highest BCUT2D eigenvalue weighted by atomic mass is 19.4. The number of carbonyl (C=O) groups is 1. The lowest BCUT2D eigenvalue weighted by Gasteiger charge is -2.28. The van der Waals surface area contributed by atoms with Crippen LogP contribution in [-0.2, 0) is 9.53 Å². The lowest BCUT2D eigenvalue weighted by Crippen LogP contribution is -2.39. The zero-order chi connectivity index (χ0) is 13.2. The predicted molar refractivity (Wildman–Crippen MR) is 59.0 cm³/mol. The number of halogens is 3. The van der Waals surface area contributed by atoms with Crippen molar-refractivity contribution < 1.29 is 22.7 Å². The highest BCUT2D eigenvalue weighted by Crippen LogP contribution is 2.33. The van der Waals surface area contributed by atoms with Crippen LogP contribution in [0.2, 0.25) is 0 Å². The Bertz CT molecular complexity index is 306. The average Bonchev–Trinajstić information content (AvgIpc) is 2.84. The van der Waals surface area contributed by atoms with Gasteiger partial charge in [0.1, 0.15) is 5.78 Å². The number of ketones is 1. The van der Waals surface area contributed by atoms with Gasteiger partial charge in [-0.15, -0.1) is 13.2 Å². The third kappa shape index (κ3) is 3.45. The molecule has 1 heterocycles. The van der Waals surface area contributed by atoms with Crippen molar-refractivity contribution in [3.8, 4) is 0 Å². The number of hydrogen-bond donors (Lipinski definition) is 0. The second-order valence-corrected chi connectivity index (χ2v) is 5.00. The molecule has 104 valence electrons. The van der Waals surface area contributed by atoms with Crippen LogP contribution < -0.4 is 0 Å². The Morgan fingerprint density at radius 2 is 2.06 bits per heavy atom. The summed E-state index contributed by atoms with van der Waals surface area (Å²) < 4.78 is 39.5. The first-order chi connectivity index (χ1) is 8.47. The minimum absolute atomic E-state index is 0.0402. The van der Waals surface area contributed by atoms with Gasteiger partial charge in [-0.1, -0.05) is 0 Å². The number of alkyl halides is 3. The van der Waals surface area contributed by atoms with Gasteiger partial charge in [0.05, 0.1) is 6.61 Å². The maximum Gasteiger partial charge on any atom is 0.522 e. The van der Waals surface area contributed by atoms with E-state index in [-0.39, 0.29) is 30.9 Å². The first-order valence-corrected chi connectivity index (χ1v) is 6.45. The van der Waals surface area contributed by atoms with Gasteiger partial charge >= 0.3 is 6.36 Å². The summed E-state index contributed by atoms with van der Waals surface area (Å²) in [6.45, 7) is 0.685. The van der Waals surface area contributed by atoms with E-state index in [1.807, 2.05) is 4.90 Å². The first kappa shape index (κ1) is 13.8. The molecule has 1 aliphatic heterocycles. The van der Waals surface area contributed by atoms with Crippen molar-refractivity contribution in [3.63, 3.8) is 0 Å². The predicted octanol–water partition coefficient (Wildman–Crippen LogP) is 2.36. The summed E-state index contributed by atoms with van der Waals surface area (Å²) in [5.41, 5.74) is 0. The van der Waals surface area contributed by atoms with E-state index in [1.54, 1.807) is 0 Å². The monoisotopic (exact) mass is 265 g/mol. The standard InChI is InChI=1S/C12H18F3NO2/c13-12(14,15)18-8-7-16-6-2-4-10(16)9-3-1-5-11(9)17/h9-10H,1-8H2. The number of nitrogens with zero attached hydrogens (tertiary/aromatic N) is 1. The van der Waals surface area contributed by atoms with Crippen LogP contribution in [0.3, 0.4) is 0 Å². The van der Waals surface area contributed by atoms with Crippen LogP contribution in [0.1, 0.15) is 32.1 Å². The van der Waals surface area contributed by atoms with Crippen LogP contribution in [0.5, 0.6) is 0 Å². The molecule has 2 rings (SSSR count). The molecule has 2 fully saturated rings. The van der Waals surface area contributed by atoms with Crippen molar-refractivity contribution in [2.24, 2.45) is 5.92 Å². The fraction of sp³-hybridized carbons (Fsp3) is 0.917. The van der Waals surface area contributed by atoms with Crippen molar-refractivity contribution >= 4 is 5.78 Å². The summed E-state index contributed by atoms with van der Waals surface area (Å²) in [6.07, 6.45) is -0.234. The summed E-state index contributed by atoms with van der Waals surface area (Å²) >= 11 is 0. The average molecular weight is 265 g/mol. The largest absolute Gasteiger partial charge is 0.522 e. The highest BCUT2D eigenvalue weighted by molar-refractivity contribution is 5.83. The maximum atomic E-state index is 11.9. The van der Waals surface area contributed by atoms with Gasteiger partial charge in [-0.05, 0) is 32.2 Å². The molecule has 2 aliphatic rings. The molecule has 6 heteroatoms. The molecule has 0 bridgehead atoms. The molecule has 0 N–H and O–H groups in total. The Balaban J connectivity index is 1.82. The summed E-state index contributed by atoms with van der Waals surface area (Å²) in [6, 6.07) is 0.136. The SMILES string of the molecule is O=C1CCCC1C1CCCN1CCOC(F)(F)F. The van der Waals surface area contributed by atoms with E-state index >= 15 is 0 Å². The molecule has 0 aromatic heterocycles. The van der Waals surface area contributed by atoms with Gasteiger partial charge in [-0.25, -0.2) is 0 Å². The van der Waals surface area contributed by atoms with Crippen LogP contribution >= 0.6 is 0 Å². The Kier molecular flexibility index (Phi) is 4.27. The molecule has 1 aliphatic carbocycles. The van der Waals surface area contributed by atoms with Gasteiger partial charge in [-0.2, -0.15) is 0 Å². The molecule has 0 radical (unpaired) electrons. The van der Waals surface area contributed by atoms with Crippen LogP contribution in [0.25, 0.3) is 0 Å². The van der Waals surface area contributed by atoms with E-state index in [0.717, 1.165) is 32.2 Å². The number of ether oxygens (including phenoxy) is 1. The fourth-order valence-corrected chi connectivity index (χ4v) is 3.11. The molecule has 3 nitrogen and oxygen atoms in total. The number of likely N-dealkylation sites (tertiary alicyclic amines) is 1. The van der Waals surface area contributed by atoms with E-state index in [1.165, 1.54) is 0 Å². The molecule has 18 heavy (non-hydrogen) atoms. The zero-order valence-corrected chi connectivity index (χ0v) is 10.2. The van der Waals surface area contributed by atoms with Gasteiger partial charge in [0.25, 0.3) is 0 Å². The van der Waals surface area contributed by atoms with Crippen LogP contribution in [-0.4, -0.2) is 42.8 Å². The quantitative estimate of drug-likeness (QED) is 0.781. The van der Waals surface area contributed by atoms with Crippen molar-refractivity contribution in [1.29, 1.82) is 0 Å². The van der Waals surface area contributed by atoms with Crippen molar-refractivity contribution in [1.82, 2.24) is 4.90 Å². The highest BCUT2D eigenvalue weighted by Gasteiger charge is 2.38. The molecule has 1 saturated heterocycles. The van der Waals surface area contributed by atoms with Crippen molar-refractivity contribution in [2.45, 2.75) is 44.5 Å². The molecule has 0 spiro atoms. The van der Waals surface area contributed by atoms with Crippen LogP contribution in [0.4, 0.5) is 13.2 Å². The third-order valence-electron chi connectivity index (χ3n) is 3.87. The summed E-state index contributed by atoms with van der Waals surface area (Å²) in [4.78, 5) is 13.7. The van der Waals surface area contributed by atoms with Gasteiger partial charge in [-0.3, -0.25) is 14.4 Å². The summed E-state index contributed by atoms with van der Waals surface area (Å²) in [5, 5.41) is 0. The second kappa shape index (κ2) is 5.57. The van der Waals surface area contributed by atoms with Gasteiger partial charge in [0.15, 0.2) is 0 Å². The maximum absolute atomic E-state index is 11.9. The topological polar surface area (TPSA) is 29.5 Å². The molecular formula is C12H18F3NO2. The van der Waals surface area contributed by atoms with Gasteiger partial charge in [0.2, 0.25) is 0 Å². The Hall–Kier alpha value is -0.620. The zero-order valence-electron chi connectivity index (χ0n) is 10.2. The smallest absolute Gasteiger partial charge is 0.299 e.